The van der Waals surface area contributed by atoms with Gasteiger partial charge in [0, 0.05) is 43.3 Å². The fourth-order valence-corrected chi connectivity index (χ4v) is 8.78. The van der Waals surface area contributed by atoms with Crippen molar-refractivity contribution in [1.82, 2.24) is 19.5 Å². The average Bonchev–Trinajstić information content (AvgIpc) is 3.77. The van der Waals surface area contributed by atoms with E-state index in [4.69, 9.17) is 19.4 Å². The Morgan fingerprint density at radius 2 is 1.21 bits per heavy atom. The normalized spacial score (nSPS) is 12.5. The maximum atomic E-state index is 6.30. The first-order chi connectivity index (χ1) is 25.8. The van der Waals surface area contributed by atoms with Crippen molar-refractivity contribution in [1.29, 1.82) is 0 Å². The van der Waals surface area contributed by atoms with Crippen LogP contribution in [0, 0.1) is 0 Å². The fourth-order valence-electron chi connectivity index (χ4n) is 7.59. The van der Waals surface area contributed by atoms with E-state index in [1.165, 1.54) is 4.90 Å². The second-order valence-electron chi connectivity index (χ2n) is 12.8. The van der Waals surface area contributed by atoms with Crippen LogP contribution in [0.15, 0.2) is 178 Å². The molecule has 0 saturated carbocycles. The predicted octanol–water partition coefficient (Wildman–Crippen LogP) is 12.1. The van der Waals surface area contributed by atoms with E-state index in [2.05, 4.69) is 125 Å². The molecule has 0 N–H and O–H groups in total. The first-order valence-corrected chi connectivity index (χ1v) is 18.0. The number of aromatic nitrogens is 4. The van der Waals surface area contributed by atoms with Crippen molar-refractivity contribution in [3.05, 3.63) is 164 Å². The van der Waals surface area contributed by atoms with Gasteiger partial charge in [-0.1, -0.05) is 127 Å². The lowest BCUT2D eigenvalue weighted by Gasteiger charge is -2.33. The third-order valence-corrected chi connectivity index (χ3v) is 11.0. The van der Waals surface area contributed by atoms with Crippen molar-refractivity contribution in [3.8, 4) is 28.7 Å². The summed E-state index contributed by atoms with van der Waals surface area (Å²) in [6.07, 6.45) is 0. The molecule has 7 aromatic carbocycles. The molecule has 11 rings (SSSR count). The summed E-state index contributed by atoms with van der Waals surface area (Å²) in [5.41, 5.74) is 8.89. The Hall–Kier alpha value is -6.70. The summed E-state index contributed by atoms with van der Waals surface area (Å²) in [6.45, 7) is 0. The molecule has 0 spiro atoms. The van der Waals surface area contributed by atoms with Crippen LogP contribution in [-0.4, -0.2) is 19.5 Å². The molecule has 0 bridgehead atoms. The Bertz CT molecular complexity index is 3010. The standard InChI is InChI=1S/C45H27N5OS/c1-3-14-28(15-4-1)43-46-44(33-20-13-24-38-40(33)32-19-8-11-23-37(32)51-38)48-45(47-43)50-34-21-9-7-18-30(34)31-26-27-36-42(41(31)50)52-39-25-12-10-22-35(39)49(36)29-16-5-2-6-17-29/h1-27H. The molecule has 0 amide bonds. The molecule has 10 aromatic rings. The summed E-state index contributed by atoms with van der Waals surface area (Å²) in [5.74, 6) is 1.74. The molecular weight excluding hydrogens is 659 g/mol. The van der Waals surface area contributed by atoms with Crippen molar-refractivity contribution < 1.29 is 4.42 Å². The summed E-state index contributed by atoms with van der Waals surface area (Å²) < 4.78 is 8.54. The van der Waals surface area contributed by atoms with Crippen molar-refractivity contribution in [3.63, 3.8) is 0 Å². The molecule has 52 heavy (non-hydrogen) atoms. The summed E-state index contributed by atoms with van der Waals surface area (Å²) >= 11 is 1.79. The lowest BCUT2D eigenvalue weighted by atomic mass is 10.1. The largest absolute Gasteiger partial charge is 0.456 e. The number of benzene rings is 7. The van der Waals surface area contributed by atoms with Crippen LogP contribution >= 0.6 is 11.8 Å². The number of hydrogen-bond donors (Lipinski definition) is 0. The average molecular weight is 686 g/mol. The lowest BCUT2D eigenvalue weighted by Crippen LogP contribution is -2.15. The van der Waals surface area contributed by atoms with Crippen LogP contribution < -0.4 is 4.90 Å². The van der Waals surface area contributed by atoms with Crippen molar-refractivity contribution in [2.45, 2.75) is 9.79 Å². The van der Waals surface area contributed by atoms with E-state index >= 15 is 0 Å². The highest BCUT2D eigenvalue weighted by molar-refractivity contribution is 8.00. The van der Waals surface area contributed by atoms with E-state index in [0.29, 0.717) is 17.6 Å². The van der Waals surface area contributed by atoms with Gasteiger partial charge in [-0.15, -0.1) is 0 Å². The Balaban J connectivity index is 1.24. The summed E-state index contributed by atoms with van der Waals surface area (Å²) in [6, 6.07) is 56.6. The van der Waals surface area contributed by atoms with Gasteiger partial charge in [-0.05, 0) is 48.5 Å². The van der Waals surface area contributed by atoms with Crippen LogP contribution in [0.4, 0.5) is 17.1 Å². The van der Waals surface area contributed by atoms with E-state index in [-0.39, 0.29) is 0 Å². The Morgan fingerprint density at radius 1 is 0.500 bits per heavy atom. The first-order valence-electron chi connectivity index (χ1n) is 17.2. The zero-order valence-corrected chi connectivity index (χ0v) is 28.5. The highest BCUT2D eigenvalue weighted by Gasteiger charge is 2.30. The Morgan fingerprint density at radius 3 is 2.10 bits per heavy atom. The number of rotatable bonds is 4. The molecule has 1 aliphatic rings. The number of hydrogen-bond acceptors (Lipinski definition) is 6. The SMILES string of the molecule is c1ccc(-c2nc(-c3cccc4oc5ccccc5c34)nc(-n3c4ccccc4c4ccc5c(c43)Sc3ccccc3N5c3ccccc3)n2)cc1. The van der Waals surface area contributed by atoms with Gasteiger partial charge in [0.15, 0.2) is 11.6 Å². The van der Waals surface area contributed by atoms with Crippen LogP contribution in [0.3, 0.4) is 0 Å². The monoisotopic (exact) mass is 685 g/mol. The van der Waals surface area contributed by atoms with Gasteiger partial charge in [0.2, 0.25) is 5.95 Å². The summed E-state index contributed by atoms with van der Waals surface area (Å²) in [4.78, 5) is 20.5. The molecular formula is C45H27N5OS. The lowest BCUT2D eigenvalue weighted by molar-refractivity contribution is 0.669. The highest BCUT2D eigenvalue weighted by Crippen LogP contribution is 2.54. The van der Waals surface area contributed by atoms with E-state index < -0.39 is 0 Å². The van der Waals surface area contributed by atoms with Crippen LogP contribution in [0.2, 0.25) is 0 Å². The zero-order valence-electron chi connectivity index (χ0n) is 27.6. The minimum Gasteiger partial charge on any atom is -0.456 e. The van der Waals surface area contributed by atoms with Crippen molar-refractivity contribution >= 4 is 72.6 Å². The van der Waals surface area contributed by atoms with E-state index in [9.17, 15) is 0 Å². The second-order valence-corrected chi connectivity index (χ2v) is 13.9. The predicted molar refractivity (Wildman–Crippen MR) is 211 cm³/mol. The molecule has 0 aliphatic carbocycles. The third-order valence-electron chi connectivity index (χ3n) is 9.84. The first kappa shape index (κ1) is 29.1. The van der Waals surface area contributed by atoms with Crippen molar-refractivity contribution in [2.75, 3.05) is 4.90 Å². The van der Waals surface area contributed by atoms with Gasteiger partial charge in [0.1, 0.15) is 11.2 Å². The molecule has 0 radical (unpaired) electrons. The quantitative estimate of drug-likeness (QED) is 0.184. The maximum absolute atomic E-state index is 6.30. The number of furan rings is 1. The molecule has 0 unspecified atom stereocenters. The zero-order chi connectivity index (χ0) is 34.2. The topological polar surface area (TPSA) is 60.0 Å². The molecule has 0 fully saturated rings. The van der Waals surface area contributed by atoms with Crippen LogP contribution in [0.1, 0.15) is 0 Å². The molecule has 0 atom stereocenters. The van der Waals surface area contributed by atoms with Crippen LogP contribution in [0.5, 0.6) is 0 Å². The molecule has 0 saturated heterocycles. The molecule has 4 heterocycles. The van der Waals surface area contributed by atoms with E-state index in [1.54, 1.807) is 11.8 Å². The number of fused-ring (bicyclic) bond motifs is 9. The van der Waals surface area contributed by atoms with Gasteiger partial charge in [0.25, 0.3) is 0 Å². The molecule has 3 aromatic heterocycles. The van der Waals surface area contributed by atoms with Gasteiger partial charge >= 0.3 is 0 Å². The van der Waals surface area contributed by atoms with Crippen LogP contribution in [-0.2, 0) is 0 Å². The smallest absolute Gasteiger partial charge is 0.238 e. The molecule has 244 valence electrons. The van der Waals surface area contributed by atoms with E-state index in [1.807, 2.05) is 48.5 Å². The molecule has 7 heteroatoms. The van der Waals surface area contributed by atoms with Gasteiger partial charge < -0.3 is 9.32 Å². The Labute approximate surface area is 302 Å². The molecule has 6 nitrogen and oxygen atoms in total. The summed E-state index contributed by atoms with van der Waals surface area (Å²) in [7, 11) is 0. The maximum Gasteiger partial charge on any atom is 0.238 e. The molecule has 1 aliphatic heterocycles. The third kappa shape index (κ3) is 4.36. The van der Waals surface area contributed by atoms with Gasteiger partial charge in [-0.2, -0.15) is 9.97 Å². The number of nitrogens with zero attached hydrogens (tertiary/aromatic N) is 5. The second kappa shape index (κ2) is 11.4. The minimum absolute atomic E-state index is 0.555. The fraction of sp³-hybridized carbons (Fsp3) is 0. The van der Waals surface area contributed by atoms with Crippen molar-refractivity contribution in [2.24, 2.45) is 0 Å². The van der Waals surface area contributed by atoms with Crippen LogP contribution in [0.25, 0.3) is 72.5 Å². The minimum atomic E-state index is 0.555. The highest BCUT2D eigenvalue weighted by atomic mass is 32.2. The van der Waals surface area contributed by atoms with E-state index in [0.717, 1.165) is 76.8 Å². The van der Waals surface area contributed by atoms with Gasteiger partial charge in [-0.3, -0.25) is 4.57 Å². The van der Waals surface area contributed by atoms with Gasteiger partial charge in [0.05, 0.1) is 27.3 Å². The van der Waals surface area contributed by atoms with Gasteiger partial charge in [-0.25, -0.2) is 4.98 Å². The number of para-hydroxylation sites is 4. The summed E-state index contributed by atoms with van der Waals surface area (Å²) in [5, 5.41) is 4.29. The number of anilines is 3. The Kier molecular flexibility index (Phi) is 6.38.